The van der Waals surface area contributed by atoms with Crippen LogP contribution in [0.3, 0.4) is 0 Å². The number of aliphatic hydroxyl groups excluding tert-OH is 1. The van der Waals surface area contributed by atoms with Crippen LogP contribution in [0.15, 0.2) is 0 Å². The van der Waals surface area contributed by atoms with Gasteiger partial charge in [0.1, 0.15) is 18.6 Å². The second-order valence-electron chi connectivity index (χ2n) is 9.72. The third-order valence-electron chi connectivity index (χ3n) is 9.07. The fourth-order valence-electron chi connectivity index (χ4n) is 7.60. The second-order valence-corrected chi connectivity index (χ2v) is 9.72. The standard InChI is InChI=1S/C21H31FO3/c1-20-8-7-13(24)9-12(20)3-4-14-15-5-6-16(18(25)11-23)21(15,2)19(22)10-17(14)20/h12,14-17,19,23H,3-11H2,1-2H3/t12-,14+,15+,16-,17+,19+,20+,21+/m1/s1. The predicted octanol–water partition coefficient (Wildman–Crippen LogP) is 3.72. The van der Waals surface area contributed by atoms with E-state index in [4.69, 9.17) is 0 Å². The molecular weight excluding hydrogens is 319 g/mol. The molecule has 140 valence electrons. The van der Waals surface area contributed by atoms with Crippen molar-refractivity contribution < 1.29 is 19.1 Å². The molecule has 4 saturated carbocycles. The largest absolute Gasteiger partial charge is 0.389 e. The highest BCUT2D eigenvalue weighted by molar-refractivity contribution is 5.83. The minimum absolute atomic E-state index is 0.0849. The first kappa shape index (κ1) is 17.6. The summed E-state index contributed by atoms with van der Waals surface area (Å²) in [6, 6.07) is 0. The van der Waals surface area contributed by atoms with Gasteiger partial charge in [0.25, 0.3) is 0 Å². The maximum atomic E-state index is 15.5. The lowest BCUT2D eigenvalue weighted by molar-refractivity contribution is -0.158. The molecular formula is C21H31FO3. The van der Waals surface area contributed by atoms with E-state index >= 15 is 4.39 Å². The van der Waals surface area contributed by atoms with Gasteiger partial charge in [-0.15, -0.1) is 0 Å². The molecule has 0 aromatic rings. The van der Waals surface area contributed by atoms with Crippen molar-refractivity contribution in [3.63, 3.8) is 0 Å². The number of aliphatic hydroxyl groups is 1. The van der Waals surface area contributed by atoms with Gasteiger partial charge in [0.15, 0.2) is 5.78 Å². The van der Waals surface area contributed by atoms with Crippen molar-refractivity contribution in [2.45, 2.75) is 71.4 Å². The number of ketones is 2. The first-order valence-electron chi connectivity index (χ1n) is 10.1. The Morgan fingerprint density at radius 2 is 1.96 bits per heavy atom. The molecule has 0 saturated heterocycles. The molecule has 1 N–H and O–H groups in total. The fraction of sp³-hybridized carbons (Fsp3) is 0.905. The highest BCUT2D eigenvalue weighted by Crippen LogP contribution is 2.67. The van der Waals surface area contributed by atoms with Crippen molar-refractivity contribution >= 4 is 11.6 Å². The predicted molar refractivity (Wildman–Crippen MR) is 92.6 cm³/mol. The number of Topliss-reactive ketones (excluding diaryl/α,β-unsaturated/α-hetero) is 2. The molecule has 3 nitrogen and oxygen atoms in total. The van der Waals surface area contributed by atoms with Crippen LogP contribution in [0.4, 0.5) is 4.39 Å². The summed E-state index contributed by atoms with van der Waals surface area (Å²) >= 11 is 0. The van der Waals surface area contributed by atoms with E-state index in [2.05, 4.69) is 6.92 Å². The van der Waals surface area contributed by atoms with Gasteiger partial charge in [0, 0.05) is 24.2 Å². The molecule has 8 atom stereocenters. The number of alkyl halides is 1. The van der Waals surface area contributed by atoms with Crippen molar-refractivity contribution in [2.24, 2.45) is 40.4 Å². The van der Waals surface area contributed by atoms with Gasteiger partial charge < -0.3 is 5.11 Å². The molecule has 0 bridgehead atoms. The molecule has 0 unspecified atom stereocenters. The molecule has 0 heterocycles. The Morgan fingerprint density at radius 1 is 1.20 bits per heavy atom. The summed E-state index contributed by atoms with van der Waals surface area (Å²) in [4.78, 5) is 24.2. The average Bonchev–Trinajstić information content (AvgIpc) is 2.95. The smallest absolute Gasteiger partial charge is 0.161 e. The molecule has 4 heteroatoms. The molecule has 0 aromatic carbocycles. The minimum atomic E-state index is -0.977. The summed E-state index contributed by atoms with van der Waals surface area (Å²) in [6.45, 7) is 3.82. The lowest BCUT2D eigenvalue weighted by atomic mass is 9.44. The van der Waals surface area contributed by atoms with Gasteiger partial charge in [-0.1, -0.05) is 13.8 Å². The van der Waals surface area contributed by atoms with E-state index in [1.165, 1.54) is 0 Å². The van der Waals surface area contributed by atoms with E-state index in [1.54, 1.807) is 0 Å². The van der Waals surface area contributed by atoms with Gasteiger partial charge in [-0.05, 0) is 67.6 Å². The van der Waals surface area contributed by atoms with Gasteiger partial charge in [0.05, 0.1) is 0 Å². The van der Waals surface area contributed by atoms with Crippen LogP contribution in [0, 0.1) is 40.4 Å². The van der Waals surface area contributed by atoms with Crippen LogP contribution < -0.4 is 0 Å². The van der Waals surface area contributed by atoms with Crippen LogP contribution in [-0.2, 0) is 9.59 Å². The fourth-order valence-corrected chi connectivity index (χ4v) is 7.60. The van der Waals surface area contributed by atoms with E-state index in [0.717, 1.165) is 32.1 Å². The summed E-state index contributed by atoms with van der Waals surface area (Å²) in [5.41, 5.74) is -0.518. The Morgan fingerprint density at radius 3 is 2.68 bits per heavy atom. The molecule has 0 aliphatic heterocycles. The van der Waals surface area contributed by atoms with E-state index in [-0.39, 0.29) is 23.0 Å². The van der Waals surface area contributed by atoms with E-state index in [0.29, 0.717) is 42.8 Å². The first-order chi connectivity index (χ1) is 11.8. The normalized spacial score (nSPS) is 52.2. The Kier molecular flexibility index (Phi) is 4.14. The Labute approximate surface area is 149 Å². The van der Waals surface area contributed by atoms with Crippen LogP contribution in [0.25, 0.3) is 0 Å². The highest BCUT2D eigenvalue weighted by Gasteiger charge is 2.64. The first-order valence-corrected chi connectivity index (χ1v) is 10.1. The highest BCUT2D eigenvalue weighted by atomic mass is 19.1. The lowest BCUT2D eigenvalue weighted by Crippen LogP contribution is -2.58. The average molecular weight is 350 g/mol. The van der Waals surface area contributed by atoms with Gasteiger partial charge in [-0.2, -0.15) is 0 Å². The number of fused-ring (bicyclic) bond motifs is 5. The van der Waals surface area contributed by atoms with Gasteiger partial charge in [-0.25, -0.2) is 4.39 Å². The molecule has 4 rings (SSSR count). The zero-order valence-electron chi connectivity index (χ0n) is 15.5. The molecule has 0 spiro atoms. The van der Waals surface area contributed by atoms with Crippen molar-refractivity contribution in [1.82, 2.24) is 0 Å². The minimum Gasteiger partial charge on any atom is -0.389 e. The number of rotatable bonds is 2. The van der Waals surface area contributed by atoms with Gasteiger partial charge >= 0.3 is 0 Å². The summed E-state index contributed by atoms with van der Waals surface area (Å²) in [6.07, 6.45) is 5.59. The van der Waals surface area contributed by atoms with E-state index in [9.17, 15) is 14.7 Å². The van der Waals surface area contributed by atoms with Crippen molar-refractivity contribution in [2.75, 3.05) is 6.61 Å². The second kappa shape index (κ2) is 5.87. The van der Waals surface area contributed by atoms with Crippen molar-refractivity contribution in [1.29, 1.82) is 0 Å². The lowest BCUT2D eigenvalue weighted by Gasteiger charge is -2.61. The zero-order valence-corrected chi connectivity index (χ0v) is 15.5. The maximum Gasteiger partial charge on any atom is 0.161 e. The quantitative estimate of drug-likeness (QED) is 0.826. The number of carbonyl (C=O) groups excluding carboxylic acids is 2. The molecule has 0 aromatic heterocycles. The third-order valence-corrected chi connectivity index (χ3v) is 9.07. The van der Waals surface area contributed by atoms with E-state index in [1.807, 2.05) is 6.92 Å². The molecule has 0 amide bonds. The van der Waals surface area contributed by atoms with Crippen molar-refractivity contribution in [3.05, 3.63) is 0 Å². The maximum absolute atomic E-state index is 15.5. The molecule has 0 radical (unpaired) electrons. The SMILES string of the molecule is C[C@]12CCC(=O)C[C@H]1CC[C@@H]1[C@@H]2C[C@H](F)[C@]2(C)[C@@H](C(=O)CO)CC[C@@H]12. The molecule has 25 heavy (non-hydrogen) atoms. The van der Waals surface area contributed by atoms with Crippen LogP contribution >= 0.6 is 0 Å². The Bertz CT molecular complexity index is 590. The summed E-state index contributed by atoms with van der Waals surface area (Å²) in [7, 11) is 0. The summed E-state index contributed by atoms with van der Waals surface area (Å²) < 4.78 is 15.5. The van der Waals surface area contributed by atoms with Crippen LogP contribution in [-0.4, -0.2) is 29.5 Å². The molecule has 4 fully saturated rings. The zero-order chi connectivity index (χ0) is 18.0. The topological polar surface area (TPSA) is 54.4 Å². The summed E-state index contributed by atoms with van der Waals surface area (Å²) in [5, 5.41) is 9.33. The number of hydrogen-bond donors (Lipinski definition) is 1. The third kappa shape index (κ3) is 2.32. The van der Waals surface area contributed by atoms with Gasteiger partial charge in [0.2, 0.25) is 0 Å². The van der Waals surface area contributed by atoms with Crippen LogP contribution in [0.5, 0.6) is 0 Å². The Balaban J connectivity index is 1.66. The van der Waals surface area contributed by atoms with Crippen molar-refractivity contribution in [3.8, 4) is 0 Å². The molecule has 4 aliphatic rings. The monoisotopic (exact) mass is 350 g/mol. The van der Waals surface area contributed by atoms with Crippen LogP contribution in [0.1, 0.15) is 65.2 Å². The number of hydrogen-bond acceptors (Lipinski definition) is 3. The van der Waals surface area contributed by atoms with Gasteiger partial charge in [-0.3, -0.25) is 9.59 Å². The summed E-state index contributed by atoms with van der Waals surface area (Å²) in [5.74, 6) is 1.37. The van der Waals surface area contributed by atoms with Crippen LogP contribution in [0.2, 0.25) is 0 Å². The number of halogens is 1. The number of carbonyl (C=O) groups is 2. The Hall–Kier alpha value is -0.770. The molecule has 4 aliphatic carbocycles. The van der Waals surface area contributed by atoms with E-state index < -0.39 is 18.2 Å².